The first-order valence-corrected chi connectivity index (χ1v) is 16.4. The molecule has 0 spiro atoms. The van der Waals surface area contributed by atoms with Crippen molar-refractivity contribution in [2.75, 3.05) is 23.4 Å². The highest BCUT2D eigenvalue weighted by molar-refractivity contribution is 5.93. The van der Waals surface area contributed by atoms with Gasteiger partial charge >= 0.3 is 12.1 Å². The van der Waals surface area contributed by atoms with Gasteiger partial charge in [0, 0.05) is 43.6 Å². The van der Waals surface area contributed by atoms with Gasteiger partial charge in [-0.3, -0.25) is 10.00 Å². The first-order valence-electron chi connectivity index (χ1n) is 16.4. The molecule has 0 saturated heterocycles. The predicted molar refractivity (Wildman–Crippen MR) is 171 cm³/mol. The Kier molecular flexibility index (Phi) is 13.2. The molecule has 1 saturated carbocycles. The summed E-state index contributed by atoms with van der Waals surface area (Å²) in [6, 6.07) is 3.23. The molecule has 0 aromatic carbocycles. The molecule has 0 atom stereocenters. The Hall–Kier alpha value is -3.04. The number of unbranched alkanes of at least 4 members (excludes halogenated alkanes) is 10. The summed E-state index contributed by atoms with van der Waals surface area (Å²) in [6.07, 6.45) is 16.1. The van der Waals surface area contributed by atoms with E-state index < -0.39 is 0 Å². The van der Waals surface area contributed by atoms with Crippen LogP contribution in [0.15, 0.2) is 12.1 Å². The Morgan fingerprint density at radius 2 is 1.43 bits per heavy atom. The number of nitrogens with one attached hydrogen (secondary N) is 3. The molecule has 42 heavy (non-hydrogen) atoms. The van der Waals surface area contributed by atoms with E-state index in [4.69, 9.17) is 10.2 Å². The number of urea groups is 2. The second-order valence-corrected chi connectivity index (χ2v) is 12.8. The number of carbonyl (C=O) groups is 2. The molecule has 2 heterocycles. The molecule has 2 aromatic rings. The van der Waals surface area contributed by atoms with Gasteiger partial charge in [-0.05, 0) is 25.7 Å². The second kappa shape index (κ2) is 16.6. The minimum absolute atomic E-state index is 0.289. The lowest BCUT2D eigenvalue weighted by Crippen LogP contribution is -2.46. The smallest absolute Gasteiger partial charge is 0.338 e. The average molecular weight is 585 g/mol. The minimum Gasteiger partial charge on any atom is -0.338 e. The molecule has 0 aliphatic heterocycles. The van der Waals surface area contributed by atoms with E-state index in [9.17, 15) is 9.59 Å². The molecule has 1 fully saturated rings. The standard InChI is InChI=1S/C32H56N8O2/c1-7-9-11-13-15-17-21-33-30(41)35-28-24-27(32(3,4)5)37-40(28)39(29-23-26(25-19-20-25)36-38(29)6)31(42)34-22-18-16-14-12-10-8-2/h23-25H,7-22H2,1-6H3,(H,34,42)(H2,33,35,41). The predicted octanol–water partition coefficient (Wildman–Crippen LogP) is 7.61. The maximum absolute atomic E-state index is 13.8. The van der Waals surface area contributed by atoms with Gasteiger partial charge < -0.3 is 10.6 Å². The van der Waals surface area contributed by atoms with Crippen LogP contribution in [0.4, 0.5) is 21.2 Å². The number of aromatic nitrogens is 4. The van der Waals surface area contributed by atoms with E-state index in [1.165, 1.54) is 61.2 Å². The van der Waals surface area contributed by atoms with E-state index in [-0.39, 0.29) is 17.5 Å². The van der Waals surface area contributed by atoms with Crippen LogP contribution in [0.2, 0.25) is 0 Å². The summed E-state index contributed by atoms with van der Waals surface area (Å²) in [4.78, 5) is 28.3. The van der Waals surface area contributed by atoms with Gasteiger partial charge in [-0.1, -0.05) is 98.8 Å². The summed E-state index contributed by atoms with van der Waals surface area (Å²) >= 11 is 0. The third-order valence-corrected chi connectivity index (χ3v) is 7.79. The van der Waals surface area contributed by atoms with Gasteiger partial charge in [-0.2, -0.15) is 15.2 Å². The van der Waals surface area contributed by atoms with Crippen molar-refractivity contribution in [2.24, 2.45) is 7.05 Å². The molecule has 0 radical (unpaired) electrons. The van der Waals surface area contributed by atoms with E-state index in [1.807, 2.05) is 19.2 Å². The molecular formula is C32H56N8O2. The SMILES string of the molecule is CCCCCCCCNC(=O)Nc1cc(C(C)(C)C)nn1N(C(=O)NCCCCCCCC)c1cc(C2CC2)nn1C. The van der Waals surface area contributed by atoms with Crippen LogP contribution in [0.3, 0.4) is 0 Å². The topological polar surface area (TPSA) is 109 Å². The van der Waals surface area contributed by atoms with E-state index in [1.54, 1.807) is 4.68 Å². The number of carbonyl (C=O) groups excluding carboxylic acids is 2. The molecule has 1 aliphatic carbocycles. The van der Waals surface area contributed by atoms with Gasteiger partial charge in [0.2, 0.25) is 0 Å². The lowest BCUT2D eigenvalue weighted by molar-refractivity contribution is 0.242. The molecule has 236 valence electrons. The number of anilines is 2. The molecule has 0 unspecified atom stereocenters. The number of rotatable bonds is 18. The van der Waals surface area contributed by atoms with Crippen LogP contribution in [0, 0.1) is 0 Å². The van der Waals surface area contributed by atoms with Gasteiger partial charge in [0.05, 0.1) is 11.4 Å². The van der Waals surface area contributed by atoms with Crippen LogP contribution < -0.4 is 21.0 Å². The molecule has 3 N–H and O–H groups in total. The first kappa shape index (κ1) is 33.5. The van der Waals surface area contributed by atoms with E-state index >= 15 is 0 Å². The van der Waals surface area contributed by atoms with Crippen LogP contribution in [-0.2, 0) is 12.5 Å². The fraction of sp³-hybridized carbons (Fsp3) is 0.750. The summed E-state index contributed by atoms with van der Waals surface area (Å²) in [5.41, 5.74) is 1.46. The third-order valence-electron chi connectivity index (χ3n) is 7.79. The first-order chi connectivity index (χ1) is 20.2. The van der Waals surface area contributed by atoms with Crippen molar-refractivity contribution in [1.82, 2.24) is 30.3 Å². The maximum Gasteiger partial charge on any atom is 0.344 e. The summed E-state index contributed by atoms with van der Waals surface area (Å²) in [6.45, 7) is 11.8. The highest BCUT2D eigenvalue weighted by Gasteiger charge is 2.32. The molecule has 4 amide bonds. The minimum atomic E-state index is -0.304. The van der Waals surface area contributed by atoms with Gasteiger partial charge in [-0.25, -0.2) is 9.59 Å². The van der Waals surface area contributed by atoms with Crippen LogP contribution in [0.1, 0.15) is 142 Å². The second-order valence-electron chi connectivity index (χ2n) is 12.8. The van der Waals surface area contributed by atoms with Gasteiger partial charge in [0.15, 0.2) is 11.6 Å². The van der Waals surface area contributed by atoms with E-state index in [0.29, 0.717) is 30.6 Å². The van der Waals surface area contributed by atoms with Crippen molar-refractivity contribution >= 4 is 23.7 Å². The Morgan fingerprint density at radius 3 is 2.00 bits per heavy atom. The summed E-state index contributed by atoms with van der Waals surface area (Å²) in [7, 11) is 1.85. The molecule has 1 aliphatic rings. The summed E-state index contributed by atoms with van der Waals surface area (Å²) < 4.78 is 1.73. The van der Waals surface area contributed by atoms with Gasteiger partial charge in [0.1, 0.15) is 0 Å². The van der Waals surface area contributed by atoms with Crippen molar-refractivity contribution in [3.05, 3.63) is 23.5 Å². The molecular weight excluding hydrogens is 528 g/mol. The molecule has 3 rings (SSSR count). The van der Waals surface area contributed by atoms with Crippen molar-refractivity contribution in [3.8, 4) is 0 Å². The maximum atomic E-state index is 13.8. The zero-order chi connectivity index (χ0) is 30.5. The normalized spacial score (nSPS) is 13.3. The third kappa shape index (κ3) is 10.3. The number of hydrogen-bond acceptors (Lipinski definition) is 4. The highest BCUT2D eigenvalue weighted by Crippen LogP contribution is 2.40. The fourth-order valence-electron chi connectivity index (χ4n) is 4.96. The Labute approximate surface area is 253 Å². The summed E-state index contributed by atoms with van der Waals surface area (Å²) in [5, 5.41) is 20.1. The van der Waals surface area contributed by atoms with Crippen LogP contribution in [0.5, 0.6) is 0 Å². The largest absolute Gasteiger partial charge is 0.344 e. The number of amides is 4. The van der Waals surface area contributed by atoms with E-state index in [2.05, 4.69) is 50.6 Å². The van der Waals surface area contributed by atoms with Crippen LogP contribution in [-0.4, -0.2) is 44.8 Å². The van der Waals surface area contributed by atoms with Crippen molar-refractivity contribution in [3.63, 3.8) is 0 Å². The Morgan fingerprint density at radius 1 is 0.857 bits per heavy atom. The van der Waals surface area contributed by atoms with Crippen LogP contribution >= 0.6 is 0 Å². The summed E-state index contributed by atoms with van der Waals surface area (Å²) in [5.74, 6) is 1.48. The van der Waals surface area contributed by atoms with Crippen LogP contribution in [0.25, 0.3) is 0 Å². The number of aryl methyl sites for hydroxylation is 1. The van der Waals surface area contributed by atoms with Crippen molar-refractivity contribution < 1.29 is 9.59 Å². The lowest BCUT2D eigenvalue weighted by Gasteiger charge is -2.24. The van der Waals surface area contributed by atoms with Crippen molar-refractivity contribution in [2.45, 2.75) is 136 Å². The van der Waals surface area contributed by atoms with E-state index in [0.717, 1.165) is 49.9 Å². The number of nitrogens with zero attached hydrogens (tertiary/aromatic N) is 5. The zero-order valence-corrected chi connectivity index (χ0v) is 27.1. The molecule has 10 nitrogen and oxygen atoms in total. The molecule has 2 aromatic heterocycles. The zero-order valence-electron chi connectivity index (χ0n) is 27.1. The monoisotopic (exact) mass is 584 g/mol. The lowest BCUT2D eigenvalue weighted by atomic mass is 9.92. The van der Waals surface area contributed by atoms with Crippen molar-refractivity contribution in [1.29, 1.82) is 0 Å². The highest BCUT2D eigenvalue weighted by atomic mass is 16.2. The van der Waals surface area contributed by atoms with Gasteiger partial charge in [0.25, 0.3) is 0 Å². The molecule has 0 bridgehead atoms. The fourth-order valence-corrected chi connectivity index (χ4v) is 4.96. The number of hydrogen-bond donors (Lipinski definition) is 3. The Balaban J connectivity index is 1.79. The average Bonchev–Trinajstić information content (AvgIpc) is 3.60. The van der Waals surface area contributed by atoms with Gasteiger partial charge in [-0.15, -0.1) is 4.79 Å². The molecule has 10 heteroatoms. The quantitative estimate of drug-likeness (QED) is 0.157. The Bertz CT molecular complexity index is 1110.